The fourth-order valence-electron chi connectivity index (χ4n) is 1.58. The third-order valence-electron chi connectivity index (χ3n) is 2.40. The Kier molecular flexibility index (Phi) is 4.80. The molecular weight excluding hydrogens is 331 g/mol. The molecule has 3 nitrogen and oxygen atoms in total. The van der Waals surface area contributed by atoms with Crippen LogP contribution in [0.2, 0.25) is 0 Å². The van der Waals surface area contributed by atoms with Gasteiger partial charge in [-0.1, -0.05) is 36.3 Å². The van der Waals surface area contributed by atoms with Crippen molar-refractivity contribution < 1.29 is 14.2 Å². The average Bonchev–Trinajstić information content (AvgIpc) is 2.86. The number of ether oxygens (including phenoxy) is 3. The topological polar surface area (TPSA) is 27.7 Å². The van der Waals surface area contributed by atoms with E-state index in [1.54, 1.807) is 0 Å². The molecule has 1 aromatic rings. The molecule has 1 aromatic carbocycles. The van der Waals surface area contributed by atoms with Gasteiger partial charge in [0.25, 0.3) is 0 Å². The Morgan fingerprint density at radius 3 is 2.94 bits per heavy atom. The molecule has 4 heteroatoms. The number of alkyl halides is 1. The number of hydrogen-bond acceptors (Lipinski definition) is 3. The van der Waals surface area contributed by atoms with Crippen LogP contribution >= 0.6 is 22.6 Å². The van der Waals surface area contributed by atoms with Crippen molar-refractivity contribution in [2.45, 2.75) is 16.5 Å². The standard InChI is InChI=1S/C13H13IO3/c1-2-8-15-12(14)11-9-16-13(17-11)10-6-4-3-5-7-10/h1,3-7,11-13H,8-9H2. The van der Waals surface area contributed by atoms with Gasteiger partial charge in [-0.05, 0) is 22.6 Å². The lowest BCUT2D eigenvalue weighted by molar-refractivity contribution is -0.0748. The SMILES string of the molecule is C#CCOC(I)C1COC(c2ccccc2)O1. The maximum Gasteiger partial charge on any atom is 0.184 e. The van der Waals surface area contributed by atoms with Crippen LogP contribution in [0.1, 0.15) is 11.9 Å². The van der Waals surface area contributed by atoms with E-state index in [0.29, 0.717) is 13.2 Å². The molecule has 0 bridgehead atoms. The molecule has 17 heavy (non-hydrogen) atoms. The first-order valence-corrected chi connectivity index (χ1v) is 6.57. The molecule has 1 heterocycles. The zero-order chi connectivity index (χ0) is 12.1. The van der Waals surface area contributed by atoms with Crippen molar-refractivity contribution in [3.8, 4) is 12.3 Å². The minimum Gasteiger partial charge on any atom is -0.352 e. The summed E-state index contributed by atoms with van der Waals surface area (Å²) in [6.07, 6.45) is 4.77. The third-order valence-corrected chi connectivity index (χ3v) is 3.56. The Morgan fingerprint density at radius 2 is 2.24 bits per heavy atom. The zero-order valence-corrected chi connectivity index (χ0v) is 11.4. The monoisotopic (exact) mass is 344 g/mol. The number of halogens is 1. The molecule has 0 aromatic heterocycles. The van der Waals surface area contributed by atoms with E-state index in [2.05, 4.69) is 28.5 Å². The van der Waals surface area contributed by atoms with E-state index in [9.17, 15) is 0 Å². The van der Waals surface area contributed by atoms with Gasteiger partial charge in [-0.25, -0.2) is 0 Å². The lowest BCUT2D eigenvalue weighted by atomic mass is 10.2. The van der Waals surface area contributed by atoms with Crippen molar-refractivity contribution in [3.05, 3.63) is 35.9 Å². The molecule has 2 rings (SSSR count). The largest absolute Gasteiger partial charge is 0.352 e. The smallest absolute Gasteiger partial charge is 0.184 e. The summed E-state index contributed by atoms with van der Waals surface area (Å²) in [4.78, 5) is 0. The van der Waals surface area contributed by atoms with Crippen molar-refractivity contribution in [2.75, 3.05) is 13.2 Å². The number of benzene rings is 1. The molecule has 3 atom stereocenters. The first-order chi connectivity index (χ1) is 8.31. The van der Waals surface area contributed by atoms with Crippen LogP contribution in [0.4, 0.5) is 0 Å². The van der Waals surface area contributed by atoms with Crippen LogP contribution in [-0.4, -0.2) is 23.4 Å². The number of rotatable bonds is 4. The Labute approximate surface area is 115 Å². The van der Waals surface area contributed by atoms with Gasteiger partial charge in [0, 0.05) is 5.56 Å². The Hall–Kier alpha value is -0.610. The van der Waals surface area contributed by atoms with Crippen molar-refractivity contribution >= 4 is 22.6 Å². The Bertz CT molecular complexity index is 387. The first kappa shape index (κ1) is 12.8. The third kappa shape index (κ3) is 3.42. The highest BCUT2D eigenvalue weighted by atomic mass is 127. The molecular formula is C13H13IO3. The highest BCUT2D eigenvalue weighted by Gasteiger charge is 2.32. The van der Waals surface area contributed by atoms with Gasteiger partial charge in [0.15, 0.2) is 6.29 Å². The summed E-state index contributed by atoms with van der Waals surface area (Å²) in [5, 5.41) is 0. The molecule has 0 spiro atoms. The van der Waals surface area contributed by atoms with Crippen LogP contribution in [0.25, 0.3) is 0 Å². The second kappa shape index (κ2) is 6.36. The molecule has 90 valence electrons. The van der Waals surface area contributed by atoms with Gasteiger partial charge < -0.3 is 14.2 Å². The van der Waals surface area contributed by atoms with E-state index in [-0.39, 0.29) is 16.5 Å². The minimum absolute atomic E-state index is 0.0749. The Morgan fingerprint density at radius 1 is 1.47 bits per heavy atom. The van der Waals surface area contributed by atoms with Crippen LogP contribution < -0.4 is 0 Å². The molecule has 0 amide bonds. The molecule has 0 saturated carbocycles. The van der Waals surface area contributed by atoms with Crippen LogP contribution in [-0.2, 0) is 14.2 Å². The van der Waals surface area contributed by atoms with Crippen LogP contribution in [0, 0.1) is 12.3 Å². The summed E-state index contributed by atoms with van der Waals surface area (Å²) >= 11 is 2.17. The molecule has 1 aliphatic rings. The van der Waals surface area contributed by atoms with Gasteiger partial charge in [-0.2, -0.15) is 0 Å². The predicted molar refractivity (Wildman–Crippen MR) is 72.6 cm³/mol. The molecule has 3 unspecified atom stereocenters. The maximum absolute atomic E-state index is 5.78. The molecule has 1 saturated heterocycles. The van der Waals surface area contributed by atoms with Crippen LogP contribution in [0.15, 0.2) is 30.3 Å². The lowest BCUT2D eigenvalue weighted by Gasteiger charge is -2.16. The fourth-order valence-corrected chi connectivity index (χ4v) is 2.13. The van der Waals surface area contributed by atoms with E-state index in [1.165, 1.54) is 0 Å². The van der Waals surface area contributed by atoms with E-state index in [1.807, 2.05) is 30.3 Å². The highest BCUT2D eigenvalue weighted by molar-refractivity contribution is 14.1. The van der Waals surface area contributed by atoms with Gasteiger partial charge in [-0.3, -0.25) is 0 Å². The predicted octanol–water partition coefficient (Wildman–Crippen LogP) is 2.51. The van der Waals surface area contributed by atoms with Gasteiger partial charge in [0.2, 0.25) is 0 Å². The number of terminal acetylenes is 1. The molecule has 0 N–H and O–H groups in total. The molecule has 0 radical (unpaired) electrons. The summed E-state index contributed by atoms with van der Waals surface area (Å²) in [5.41, 5.74) is 1.02. The summed E-state index contributed by atoms with van der Waals surface area (Å²) in [7, 11) is 0. The second-order valence-corrected chi connectivity index (χ2v) is 4.84. The van der Waals surface area contributed by atoms with E-state index >= 15 is 0 Å². The Balaban J connectivity index is 1.90. The quantitative estimate of drug-likeness (QED) is 0.477. The lowest BCUT2D eigenvalue weighted by Crippen LogP contribution is -2.25. The van der Waals surface area contributed by atoms with Crippen molar-refractivity contribution in [2.24, 2.45) is 0 Å². The summed E-state index contributed by atoms with van der Waals surface area (Å²) in [6, 6.07) is 9.86. The van der Waals surface area contributed by atoms with Gasteiger partial charge in [-0.15, -0.1) is 6.42 Å². The van der Waals surface area contributed by atoms with Gasteiger partial charge in [0.1, 0.15) is 16.8 Å². The zero-order valence-electron chi connectivity index (χ0n) is 9.21. The first-order valence-electron chi connectivity index (χ1n) is 5.32. The van der Waals surface area contributed by atoms with E-state index in [4.69, 9.17) is 20.6 Å². The van der Waals surface area contributed by atoms with E-state index in [0.717, 1.165) is 5.56 Å². The van der Waals surface area contributed by atoms with Gasteiger partial charge in [0.05, 0.1) is 6.61 Å². The molecule has 0 aliphatic carbocycles. The molecule has 1 aliphatic heterocycles. The maximum atomic E-state index is 5.78. The van der Waals surface area contributed by atoms with Crippen molar-refractivity contribution in [3.63, 3.8) is 0 Å². The average molecular weight is 344 g/mol. The van der Waals surface area contributed by atoms with Crippen LogP contribution in [0.3, 0.4) is 0 Å². The second-order valence-electron chi connectivity index (χ2n) is 3.62. The van der Waals surface area contributed by atoms with Crippen molar-refractivity contribution in [1.82, 2.24) is 0 Å². The minimum atomic E-state index is -0.298. The normalized spacial score (nSPS) is 25.4. The number of hydrogen-bond donors (Lipinski definition) is 0. The van der Waals surface area contributed by atoms with E-state index < -0.39 is 0 Å². The fraction of sp³-hybridized carbons (Fsp3) is 0.385. The summed E-state index contributed by atoms with van der Waals surface area (Å²) < 4.78 is 16.7. The summed E-state index contributed by atoms with van der Waals surface area (Å²) in [6.45, 7) is 0.821. The van der Waals surface area contributed by atoms with Crippen molar-refractivity contribution in [1.29, 1.82) is 0 Å². The summed E-state index contributed by atoms with van der Waals surface area (Å²) in [5.74, 6) is 2.44. The van der Waals surface area contributed by atoms with Crippen LogP contribution in [0.5, 0.6) is 0 Å². The molecule has 1 fully saturated rings. The highest BCUT2D eigenvalue weighted by Crippen LogP contribution is 2.30. The van der Waals surface area contributed by atoms with Gasteiger partial charge >= 0.3 is 0 Å².